The van der Waals surface area contributed by atoms with Crippen LogP contribution in [0.5, 0.6) is 0 Å². The lowest BCUT2D eigenvalue weighted by molar-refractivity contribution is -0.133. The van der Waals surface area contributed by atoms with Gasteiger partial charge in [-0.05, 0) is 35.9 Å². The second-order valence-electron chi connectivity index (χ2n) is 6.43. The summed E-state index contributed by atoms with van der Waals surface area (Å²) in [6.07, 6.45) is 4.86. The van der Waals surface area contributed by atoms with Gasteiger partial charge in [-0.3, -0.25) is 24.3 Å². The molecule has 0 saturated heterocycles. The van der Waals surface area contributed by atoms with E-state index in [-0.39, 0.29) is 25.5 Å². The van der Waals surface area contributed by atoms with E-state index in [1.165, 1.54) is 6.26 Å². The first-order valence-electron chi connectivity index (χ1n) is 8.78. The molecular weight excluding hydrogens is 358 g/mol. The zero-order valence-corrected chi connectivity index (χ0v) is 14.9. The lowest BCUT2D eigenvalue weighted by Gasteiger charge is -2.24. The number of aromatic nitrogens is 1. The average molecular weight is 375 g/mol. The summed E-state index contributed by atoms with van der Waals surface area (Å²) in [4.78, 5) is 44.7. The number of nitrogens with zero attached hydrogens (tertiary/aromatic N) is 3. The van der Waals surface area contributed by atoms with Crippen LogP contribution >= 0.6 is 0 Å². The molecule has 0 saturated carbocycles. The normalized spacial score (nSPS) is 12.9. The SMILES string of the molecule is O=C(CN1C(=O)c2ccccc2C1=O)N(Cc1cccnc1)Cc1ccco1. The molecule has 0 atom stereocenters. The van der Waals surface area contributed by atoms with Crippen LogP contribution in [0.3, 0.4) is 0 Å². The van der Waals surface area contributed by atoms with Gasteiger partial charge in [-0.1, -0.05) is 18.2 Å². The first-order valence-corrected chi connectivity index (χ1v) is 8.78. The number of rotatable bonds is 6. The minimum absolute atomic E-state index is 0.226. The Hall–Kier alpha value is -3.74. The monoisotopic (exact) mass is 375 g/mol. The maximum Gasteiger partial charge on any atom is 0.262 e. The summed E-state index contributed by atoms with van der Waals surface area (Å²) in [5.74, 6) is -0.643. The molecule has 1 aliphatic rings. The molecule has 3 aromatic rings. The number of amides is 3. The van der Waals surface area contributed by atoms with Crippen LogP contribution in [0.25, 0.3) is 0 Å². The molecule has 0 bridgehead atoms. The molecule has 3 heterocycles. The van der Waals surface area contributed by atoms with Gasteiger partial charge in [0.05, 0.1) is 23.9 Å². The van der Waals surface area contributed by atoms with Gasteiger partial charge in [-0.15, -0.1) is 0 Å². The molecule has 0 spiro atoms. The van der Waals surface area contributed by atoms with Crippen LogP contribution in [-0.2, 0) is 17.9 Å². The van der Waals surface area contributed by atoms with Crippen molar-refractivity contribution in [2.75, 3.05) is 6.54 Å². The van der Waals surface area contributed by atoms with Crippen LogP contribution in [0, 0.1) is 0 Å². The standard InChI is InChI=1S/C21H17N3O4/c25-19(14-24-20(26)17-7-1-2-8-18(17)21(24)27)23(13-16-6-4-10-28-16)12-15-5-3-9-22-11-15/h1-11H,12-14H2. The fourth-order valence-electron chi connectivity index (χ4n) is 3.15. The maximum atomic E-state index is 13.0. The van der Waals surface area contributed by atoms with E-state index in [1.807, 2.05) is 6.07 Å². The van der Waals surface area contributed by atoms with Crippen LogP contribution in [0.2, 0.25) is 0 Å². The van der Waals surface area contributed by atoms with Gasteiger partial charge in [0.25, 0.3) is 11.8 Å². The second-order valence-corrected chi connectivity index (χ2v) is 6.43. The zero-order chi connectivity index (χ0) is 19.5. The third-order valence-electron chi connectivity index (χ3n) is 4.55. The number of hydrogen-bond donors (Lipinski definition) is 0. The number of fused-ring (bicyclic) bond motifs is 1. The van der Waals surface area contributed by atoms with E-state index >= 15 is 0 Å². The molecular formula is C21H17N3O4. The largest absolute Gasteiger partial charge is 0.467 e. The molecule has 28 heavy (non-hydrogen) atoms. The number of imide groups is 1. The van der Waals surface area contributed by atoms with E-state index in [0.717, 1.165) is 10.5 Å². The summed E-state index contributed by atoms with van der Waals surface area (Å²) in [5, 5.41) is 0. The minimum atomic E-state index is -0.451. The molecule has 0 radical (unpaired) electrons. The number of furan rings is 1. The summed E-state index contributed by atoms with van der Waals surface area (Å²) in [7, 11) is 0. The Morgan fingerprint density at radius 1 is 0.964 bits per heavy atom. The Kier molecular flexibility index (Phi) is 4.72. The summed E-state index contributed by atoms with van der Waals surface area (Å²) in [6.45, 7) is 0.188. The van der Waals surface area contributed by atoms with Crippen molar-refractivity contribution < 1.29 is 18.8 Å². The summed E-state index contributed by atoms with van der Waals surface area (Å²) >= 11 is 0. The second kappa shape index (κ2) is 7.48. The molecule has 7 nitrogen and oxygen atoms in total. The summed E-state index contributed by atoms with van der Waals surface area (Å²) in [6, 6.07) is 13.7. The number of carbonyl (C=O) groups is 3. The Morgan fingerprint density at radius 3 is 2.32 bits per heavy atom. The van der Waals surface area contributed by atoms with Crippen molar-refractivity contribution in [1.82, 2.24) is 14.8 Å². The highest BCUT2D eigenvalue weighted by Gasteiger charge is 2.37. The smallest absolute Gasteiger partial charge is 0.262 e. The van der Waals surface area contributed by atoms with E-state index < -0.39 is 11.8 Å². The Bertz CT molecular complexity index is 980. The predicted octanol–water partition coefficient (Wildman–Crippen LogP) is 2.50. The summed E-state index contributed by atoms with van der Waals surface area (Å²) < 4.78 is 5.36. The van der Waals surface area contributed by atoms with E-state index in [0.29, 0.717) is 16.9 Å². The van der Waals surface area contributed by atoms with Crippen molar-refractivity contribution >= 4 is 17.7 Å². The first kappa shape index (κ1) is 17.7. The lowest BCUT2D eigenvalue weighted by atomic mass is 10.1. The number of pyridine rings is 1. The molecule has 4 rings (SSSR count). The molecule has 140 valence electrons. The van der Waals surface area contributed by atoms with Gasteiger partial charge in [0, 0.05) is 18.9 Å². The van der Waals surface area contributed by atoms with Gasteiger partial charge in [0.15, 0.2) is 0 Å². The third kappa shape index (κ3) is 3.42. The highest BCUT2D eigenvalue weighted by Crippen LogP contribution is 2.22. The van der Waals surface area contributed by atoms with Gasteiger partial charge in [-0.2, -0.15) is 0 Å². The fraction of sp³-hybridized carbons (Fsp3) is 0.143. The van der Waals surface area contributed by atoms with Crippen LogP contribution in [0.15, 0.2) is 71.6 Å². The molecule has 0 N–H and O–H groups in total. The Morgan fingerprint density at radius 2 is 1.71 bits per heavy atom. The molecule has 1 aromatic carbocycles. The van der Waals surface area contributed by atoms with Crippen LogP contribution in [0.4, 0.5) is 0 Å². The van der Waals surface area contributed by atoms with Gasteiger partial charge in [0.1, 0.15) is 12.3 Å². The quantitative estimate of drug-likeness (QED) is 0.618. The number of carbonyl (C=O) groups excluding carboxylic acids is 3. The van der Waals surface area contributed by atoms with Crippen molar-refractivity contribution in [3.63, 3.8) is 0 Å². The van der Waals surface area contributed by atoms with Gasteiger partial charge in [0.2, 0.25) is 5.91 Å². The van der Waals surface area contributed by atoms with E-state index in [2.05, 4.69) is 4.98 Å². The lowest BCUT2D eigenvalue weighted by Crippen LogP contribution is -2.42. The predicted molar refractivity (Wildman–Crippen MR) is 99.0 cm³/mol. The van der Waals surface area contributed by atoms with Crippen molar-refractivity contribution in [2.45, 2.75) is 13.1 Å². The van der Waals surface area contributed by atoms with Crippen LogP contribution in [0.1, 0.15) is 32.0 Å². The van der Waals surface area contributed by atoms with Crippen molar-refractivity contribution in [2.24, 2.45) is 0 Å². The summed E-state index contributed by atoms with van der Waals surface area (Å²) in [5.41, 5.74) is 1.49. The van der Waals surface area contributed by atoms with Gasteiger partial charge < -0.3 is 9.32 Å². The third-order valence-corrected chi connectivity index (χ3v) is 4.55. The van der Waals surface area contributed by atoms with Crippen molar-refractivity contribution in [3.05, 3.63) is 89.6 Å². The topological polar surface area (TPSA) is 83.7 Å². The van der Waals surface area contributed by atoms with E-state index in [1.54, 1.807) is 59.8 Å². The highest BCUT2D eigenvalue weighted by atomic mass is 16.3. The van der Waals surface area contributed by atoms with Crippen LogP contribution < -0.4 is 0 Å². The molecule has 7 heteroatoms. The maximum absolute atomic E-state index is 13.0. The minimum Gasteiger partial charge on any atom is -0.467 e. The number of hydrogen-bond acceptors (Lipinski definition) is 5. The molecule has 0 aliphatic carbocycles. The van der Waals surface area contributed by atoms with Crippen LogP contribution in [-0.4, -0.2) is 39.1 Å². The van der Waals surface area contributed by atoms with E-state index in [9.17, 15) is 14.4 Å². The Labute approximate surface area is 161 Å². The van der Waals surface area contributed by atoms with Crippen molar-refractivity contribution in [1.29, 1.82) is 0 Å². The van der Waals surface area contributed by atoms with Gasteiger partial charge in [-0.25, -0.2) is 0 Å². The molecule has 0 unspecified atom stereocenters. The highest BCUT2D eigenvalue weighted by molar-refractivity contribution is 6.22. The first-order chi connectivity index (χ1) is 13.6. The van der Waals surface area contributed by atoms with Crippen molar-refractivity contribution in [3.8, 4) is 0 Å². The molecule has 2 aromatic heterocycles. The molecule has 0 fully saturated rings. The average Bonchev–Trinajstić information content (AvgIpc) is 3.31. The zero-order valence-electron chi connectivity index (χ0n) is 14.9. The van der Waals surface area contributed by atoms with Gasteiger partial charge >= 0.3 is 0 Å². The Balaban J connectivity index is 1.54. The van der Waals surface area contributed by atoms with E-state index in [4.69, 9.17) is 4.42 Å². The molecule has 1 aliphatic heterocycles. The number of benzene rings is 1. The molecule has 3 amide bonds. The fourth-order valence-corrected chi connectivity index (χ4v) is 3.15.